The highest BCUT2D eigenvalue weighted by Crippen LogP contribution is 2.21. The average Bonchev–Trinajstić information content (AvgIpc) is 3.08. The van der Waals surface area contributed by atoms with Crippen LogP contribution in [-0.2, 0) is 11.2 Å². The van der Waals surface area contributed by atoms with Crippen LogP contribution in [0.25, 0.3) is 5.95 Å². The van der Waals surface area contributed by atoms with Crippen molar-refractivity contribution in [3.05, 3.63) is 64.6 Å². The fraction of sp³-hybridized carbons (Fsp3) is 0.381. The Morgan fingerprint density at radius 1 is 1.13 bits per heavy atom. The van der Waals surface area contributed by atoms with E-state index in [9.17, 15) is 13.9 Å². The van der Waals surface area contributed by atoms with Crippen molar-refractivity contribution in [1.82, 2.24) is 19.7 Å². The lowest BCUT2D eigenvalue weighted by molar-refractivity contribution is 0.00335. The normalized spacial score (nSPS) is 16.8. The number of aliphatic hydroxyl groups is 1. The molecule has 0 bridgehead atoms. The first-order chi connectivity index (χ1) is 14.4. The second kappa shape index (κ2) is 8.45. The molecule has 9 heteroatoms. The fourth-order valence-electron chi connectivity index (χ4n) is 3.54. The Morgan fingerprint density at radius 3 is 2.67 bits per heavy atom. The van der Waals surface area contributed by atoms with E-state index in [0.29, 0.717) is 49.1 Å². The molecular weight excluding hydrogens is 392 g/mol. The van der Waals surface area contributed by atoms with Crippen LogP contribution in [-0.4, -0.2) is 57.3 Å². The third-order valence-corrected chi connectivity index (χ3v) is 4.99. The van der Waals surface area contributed by atoms with Gasteiger partial charge >= 0.3 is 0 Å². The Balaban J connectivity index is 1.73. The van der Waals surface area contributed by atoms with Crippen LogP contribution in [0.2, 0.25) is 0 Å². The highest BCUT2D eigenvalue weighted by molar-refractivity contribution is 5.44. The maximum absolute atomic E-state index is 13.7. The van der Waals surface area contributed by atoms with Crippen LogP contribution in [0.4, 0.5) is 14.6 Å². The Kier molecular flexibility index (Phi) is 5.74. The molecule has 1 N–H and O–H groups in total. The van der Waals surface area contributed by atoms with E-state index in [1.807, 2.05) is 30.9 Å². The first kappa shape index (κ1) is 20.4. The number of anilines is 1. The van der Waals surface area contributed by atoms with Gasteiger partial charge in [0.05, 0.1) is 30.7 Å². The third kappa shape index (κ3) is 4.31. The second-order valence-corrected chi connectivity index (χ2v) is 7.40. The summed E-state index contributed by atoms with van der Waals surface area (Å²) < 4.78 is 34.2. The molecule has 7 nitrogen and oxygen atoms in total. The Labute approximate surface area is 173 Å². The van der Waals surface area contributed by atoms with Gasteiger partial charge in [-0.05, 0) is 37.6 Å². The minimum Gasteiger partial charge on any atom is -0.394 e. The molecule has 0 amide bonds. The van der Waals surface area contributed by atoms with Crippen molar-refractivity contribution < 1.29 is 18.6 Å². The lowest BCUT2D eigenvalue weighted by Gasteiger charge is -2.33. The lowest BCUT2D eigenvalue weighted by atomic mass is 10.1. The number of aliphatic hydroxyl groups excluding tert-OH is 1. The van der Waals surface area contributed by atoms with E-state index < -0.39 is 11.6 Å². The molecule has 1 aliphatic heterocycles. The molecule has 3 aromatic rings. The predicted octanol–water partition coefficient (Wildman–Crippen LogP) is 2.35. The highest BCUT2D eigenvalue weighted by Gasteiger charge is 2.22. The van der Waals surface area contributed by atoms with Crippen molar-refractivity contribution in [2.75, 3.05) is 31.2 Å². The smallest absolute Gasteiger partial charge is 0.252 e. The van der Waals surface area contributed by atoms with Crippen molar-refractivity contribution in [3.63, 3.8) is 0 Å². The molecule has 0 aliphatic carbocycles. The Morgan fingerprint density at radius 2 is 1.97 bits per heavy atom. The Hall–Kier alpha value is -2.91. The molecule has 3 heterocycles. The van der Waals surface area contributed by atoms with Gasteiger partial charge in [-0.2, -0.15) is 10.1 Å². The first-order valence-corrected chi connectivity index (χ1v) is 9.76. The number of halogens is 2. The first-order valence-electron chi connectivity index (χ1n) is 9.76. The zero-order valence-corrected chi connectivity index (χ0v) is 16.8. The maximum Gasteiger partial charge on any atom is 0.252 e. The number of aryl methyl sites for hydroxylation is 2. The van der Waals surface area contributed by atoms with E-state index >= 15 is 0 Å². The molecule has 1 unspecified atom stereocenters. The minimum absolute atomic E-state index is 0.0758. The molecule has 4 rings (SSSR count). The lowest BCUT2D eigenvalue weighted by Crippen LogP contribution is -2.44. The van der Waals surface area contributed by atoms with Gasteiger partial charge in [0.15, 0.2) is 11.6 Å². The summed E-state index contributed by atoms with van der Waals surface area (Å²) in [5.41, 5.74) is 2.99. The van der Waals surface area contributed by atoms with Crippen LogP contribution < -0.4 is 4.90 Å². The van der Waals surface area contributed by atoms with Gasteiger partial charge in [-0.1, -0.05) is 6.07 Å². The number of benzene rings is 1. The summed E-state index contributed by atoms with van der Waals surface area (Å²) in [4.78, 5) is 11.3. The number of ether oxygens (including phenoxy) is 1. The zero-order chi connectivity index (χ0) is 21.3. The number of rotatable bonds is 5. The largest absolute Gasteiger partial charge is 0.394 e. The van der Waals surface area contributed by atoms with E-state index in [1.54, 1.807) is 10.7 Å². The van der Waals surface area contributed by atoms with Crippen LogP contribution in [0.5, 0.6) is 0 Å². The molecular formula is C21H23F2N5O2. The fourth-order valence-corrected chi connectivity index (χ4v) is 3.54. The summed E-state index contributed by atoms with van der Waals surface area (Å²) in [6.45, 7) is 5.32. The molecule has 0 radical (unpaired) electrons. The summed E-state index contributed by atoms with van der Waals surface area (Å²) in [5.74, 6) is -0.692. The van der Waals surface area contributed by atoms with Crippen molar-refractivity contribution in [2.45, 2.75) is 26.4 Å². The van der Waals surface area contributed by atoms with Crippen LogP contribution in [0, 0.1) is 25.5 Å². The molecule has 1 atom stereocenters. The zero-order valence-electron chi connectivity index (χ0n) is 16.8. The summed E-state index contributed by atoms with van der Waals surface area (Å²) >= 11 is 0. The van der Waals surface area contributed by atoms with Crippen molar-refractivity contribution >= 4 is 5.82 Å². The van der Waals surface area contributed by atoms with E-state index in [-0.39, 0.29) is 12.7 Å². The molecule has 30 heavy (non-hydrogen) atoms. The minimum atomic E-state index is -0.889. The molecule has 0 spiro atoms. The van der Waals surface area contributed by atoms with Gasteiger partial charge in [-0.3, -0.25) is 0 Å². The summed E-state index contributed by atoms with van der Waals surface area (Å²) in [6.07, 6.45) is 0.0211. The molecule has 158 valence electrons. The van der Waals surface area contributed by atoms with Gasteiger partial charge in [-0.25, -0.2) is 18.4 Å². The molecule has 1 saturated heterocycles. The van der Waals surface area contributed by atoms with E-state index in [0.717, 1.165) is 17.5 Å². The molecule has 1 fully saturated rings. The van der Waals surface area contributed by atoms with Crippen molar-refractivity contribution in [3.8, 4) is 5.95 Å². The maximum atomic E-state index is 13.7. The average molecular weight is 415 g/mol. The quantitative estimate of drug-likeness (QED) is 0.690. The number of aromatic nitrogens is 4. The van der Waals surface area contributed by atoms with Gasteiger partial charge in [0.2, 0.25) is 0 Å². The third-order valence-electron chi connectivity index (χ3n) is 4.99. The predicted molar refractivity (Wildman–Crippen MR) is 107 cm³/mol. The molecule has 1 aromatic carbocycles. The molecule has 1 aliphatic rings. The van der Waals surface area contributed by atoms with Crippen molar-refractivity contribution in [2.24, 2.45) is 0 Å². The number of morpholine rings is 1. The molecule has 0 saturated carbocycles. The van der Waals surface area contributed by atoms with Gasteiger partial charge in [0.1, 0.15) is 5.82 Å². The molecule has 2 aromatic heterocycles. The van der Waals surface area contributed by atoms with Gasteiger partial charge in [0, 0.05) is 31.3 Å². The van der Waals surface area contributed by atoms with E-state index in [1.165, 1.54) is 6.07 Å². The highest BCUT2D eigenvalue weighted by atomic mass is 19.2. The standard InChI is InChI=1S/C21H23F2N5O2/c1-13-7-14(2)28(26-13)21-24-16(8-15-3-4-18(22)19(23)9-15)10-20(25-21)27-5-6-30-17(11-27)12-29/h3-4,7,9-10,17,29H,5-6,8,11-12H2,1-2H3. The van der Waals surface area contributed by atoms with Gasteiger partial charge in [0.25, 0.3) is 5.95 Å². The van der Waals surface area contributed by atoms with Crippen LogP contribution in [0.15, 0.2) is 30.3 Å². The number of hydrogen-bond acceptors (Lipinski definition) is 6. The van der Waals surface area contributed by atoms with Crippen LogP contribution >= 0.6 is 0 Å². The monoisotopic (exact) mass is 415 g/mol. The van der Waals surface area contributed by atoms with E-state index in [4.69, 9.17) is 4.74 Å². The van der Waals surface area contributed by atoms with E-state index in [2.05, 4.69) is 15.1 Å². The van der Waals surface area contributed by atoms with Crippen LogP contribution in [0.1, 0.15) is 22.6 Å². The van der Waals surface area contributed by atoms with Gasteiger partial charge in [-0.15, -0.1) is 0 Å². The van der Waals surface area contributed by atoms with Crippen LogP contribution in [0.3, 0.4) is 0 Å². The van der Waals surface area contributed by atoms with Gasteiger partial charge < -0.3 is 14.7 Å². The summed E-state index contributed by atoms with van der Waals surface area (Å²) in [7, 11) is 0. The SMILES string of the molecule is Cc1cc(C)n(-c2nc(Cc3ccc(F)c(F)c3)cc(N3CCOC(CO)C3)n2)n1. The topological polar surface area (TPSA) is 76.3 Å². The van der Waals surface area contributed by atoms with Crippen molar-refractivity contribution in [1.29, 1.82) is 0 Å². The Bertz CT molecular complexity index is 1060. The summed E-state index contributed by atoms with van der Waals surface area (Å²) in [6, 6.07) is 7.59. The summed E-state index contributed by atoms with van der Waals surface area (Å²) in [5, 5.41) is 13.9. The number of nitrogens with zero attached hydrogens (tertiary/aromatic N) is 5. The second-order valence-electron chi connectivity index (χ2n) is 7.40. The number of hydrogen-bond donors (Lipinski definition) is 1.